The van der Waals surface area contributed by atoms with Gasteiger partial charge in [-0.2, -0.15) is 0 Å². The number of hydrogen-bond donors (Lipinski definition) is 1. The second-order valence-corrected chi connectivity index (χ2v) is 2.46. The molecule has 1 aromatic heterocycles. The Hall–Kier alpha value is -1.29. The molecule has 1 rings (SSSR count). The summed E-state index contributed by atoms with van der Waals surface area (Å²) in [4.78, 5) is 24.3. The number of aromatic amines is 1. The van der Waals surface area contributed by atoms with Crippen molar-refractivity contribution < 1.29 is 9.53 Å². The molecule has 64 valence electrons. The van der Waals surface area contributed by atoms with Gasteiger partial charge >= 0.3 is 5.97 Å². The zero-order chi connectivity index (χ0) is 9.14. The number of esters is 1. The van der Waals surface area contributed by atoms with Crippen molar-refractivity contribution in [3.05, 3.63) is 33.2 Å². The van der Waals surface area contributed by atoms with Crippen molar-refractivity contribution in [2.24, 2.45) is 0 Å². The van der Waals surface area contributed by atoms with Crippen LogP contribution in [0.4, 0.5) is 0 Å². The number of carbonyl (C=O) groups excluding carboxylic acids is 1. The van der Waals surface area contributed by atoms with Crippen molar-refractivity contribution in [2.75, 3.05) is 7.11 Å². The van der Waals surface area contributed by atoms with Crippen molar-refractivity contribution in [3.63, 3.8) is 0 Å². The molecule has 0 aliphatic rings. The molecule has 0 saturated heterocycles. The number of methoxy groups -OCH3 is 1. The fourth-order valence-electron chi connectivity index (χ4n) is 0.682. The van der Waals surface area contributed by atoms with Crippen LogP contribution in [-0.2, 0) is 4.74 Å². The lowest BCUT2D eigenvalue weighted by Gasteiger charge is -1.97. The molecule has 12 heavy (non-hydrogen) atoms. The van der Waals surface area contributed by atoms with E-state index < -0.39 is 11.4 Å². The Kier molecular flexibility index (Phi) is 2.50. The third-order valence-corrected chi connectivity index (χ3v) is 1.57. The summed E-state index contributed by atoms with van der Waals surface area (Å²) >= 11 is 5.43. The minimum absolute atomic E-state index is 0.0441. The summed E-state index contributed by atoms with van der Waals surface area (Å²) in [6.07, 6.45) is 1.25. The molecule has 0 unspecified atom stereocenters. The van der Waals surface area contributed by atoms with Gasteiger partial charge in [0.2, 0.25) is 5.43 Å². The van der Waals surface area contributed by atoms with Crippen LogP contribution >= 0.6 is 11.6 Å². The van der Waals surface area contributed by atoms with Gasteiger partial charge in [-0.3, -0.25) is 4.79 Å². The van der Waals surface area contributed by atoms with Crippen molar-refractivity contribution in [1.29, 1.82) is 0 Å². The van der Waals surface area contributed by atoms with Crippen molar-refractivity contribution in [1.82, 2.24) is 4.98 Å². The molecule has 0 amide bonds. The van der Waals surface area contributed by atoms with E-state index in [4.69, 9.17) is 11.6 Å². The van der Waals surface area contributed by atoms with Crippen molar-refractivity contribution in [2.45, 2.75) is 0 Å². The molecule has 0 saturated carbocycles. The van der Waals surface area contributed by atoms with Crippen LogP contribution in [0.15, 0.2) is 17.1 Å². The Morgan fingerprint density at radius 1 is 1.67 bits per heavy atom. The summed E-state index contributed by atoms with van der Waals surface area (Å²) in [6, 6.07) is 1.09. The number of hydrogen-bond acceptors (Lipinski definition) is 3. The van der Waals surface area contributed by atoms with Crippen LogP contribution in [0.1, 0.15) is 10.5 Å². The van der Waals surface area contributed by atoms with Gasteiger partial charge in [-0.25, -0.2) is 4.79 Å². The number of carbonyl (C=O) groups is 1. The Bertz CT molecular complexity index is 358. The predicted molar refractivity (Wildman–Crippen MR) is 43.4 cm³/mol. The summed E-state index contributed by atoms with van der Waals surface area (Å²) in [5.41, 5.74) is -0.317. The number of ether oxygens (including phenoxy) is 1. The molecular weight excluding hydrogens is 182 g/mol. The van der Waals surface area contributed by atoms with Gasteiger partial charge in [-0.1, -0.05) is 11.6 Å². The number of rotatable bonds is 1. The van der Waals surface area contributed by atoms with Crippen LogP contribution in [0.5, 0.6) is 0 Å². The zero-order valence-corrected chi connectivity index (χ0v) is 7.01. The Morgan fingerprint density at radius 2 is 2.33 bits per heavy atom. The minimum atomic E-state index is -0.594. The van der Waals surface area contributed by atoms with Gasteiger partial charge in [0.15, 0.2) is 0 Å². The van der Waals surface area contributed by atoms with Gasteiger partial charge in [0.1, 0.15) is 10.7 Å². The Morgan fingerprint density at radius 3 is 2.83 bits per heavy atom. The average Bonchev–Trinajstić information content (AvgIpc) is 2.08. The van der Waals surface area contributed by atoms with Gasteiger partial charge in [0.25, 0.3) is 0 Å². The smallest absolute Gasteiger partial charge is 0.354 e. The molecule has 1 heterocycles. The zero-order valence-electron chi connectivity index (χ0n) is 6.26. The van der Waals surface area contributed by atoms with Crippen LogP contribution < -0.4 is 5.43 Å². The van der Waals surface area contributed by atoms with Crippen LogP contribution in [0.25, 0.3) is 0 Å². The van der Waals surface area contributed by atoms with Crippen LogP contribution in [0, 0.1) is 0 Å². The Labute approximate surface area is 73.1 Å². The summed E-state index contributed by atoms with van der Waals surface area (Å²) in [5.74, 6) is -0.594. The topological polar surface area (TPSA) is 59.2 Å². The largest absolute Gasteiger partial charge is 0.464 e. The molecule has 0 aliphatic heterocycles. The van der Waals surface area contributed by atoms with E-state index >= 15 is 0 Å². The average molecular weight is 188 g/mol. The number of H-pyrrole nitrogens is 1. The minimum Gasteiger partial charge on any atom is -0.464 e. The second-order valence-electron chi connectivity index (χ2n) is 2.05. The first-order valence-corrected chi connectivity index (χ1v) is 3.49. The first-order valence-electron chi connectivity index (χ1n) is 3.11. The van der Waals surface area contributed by atoms with E-state index in [-0.39, 0.29) is 10.7 Å². The Balaban J connectivity index is 3.13. The SMILES string of the molecule is COC(=O)c1cc(=O)c(Cl)c[nH]1. The molecule has 0 spiro atoms. The van der Waals surface area contributed by atoms with Gasteiger partial charge < -0.3 is 9.72 Å². The molecule has 0 aromatic carbocycles. The van der Waals surface area contributed by atoms with Gasteiger partial charge in [0, 0.05) is 12.3 Å². The molecule has 5 heteroatoms. The first-order chi connectivity index (χ1) is 5.65. The lowest BCUT2D eigenvalue weighted by Crippen LogP contribution is -2.10. The van der Waals surface area contributed by atoms with E-state index in [0.717, 1.165) is 6.07 Å². The molecule has 4 nitrogen and oxygen atoms in total. The van der Waals surface area contributed by atoms with Crippen LogP contribution in [0.2, 0.25) is 5.02 Å². The van der Waals surface area contributed by atoms with Gasteiger partial charge in [-0.05, 0) is 0 Å². The molecule has 0 bridgehead atoms. The number of aromatic nitrogens is 1. The first kappa shape index (κ1) is 8.80. The highest BCUT2D eigenvalue weighted by Crippen LogP contribution is 2.00. The van der Waals surface area contributed by atoms with E-state index in [1.807, 2.05) is 0 Å². The molecule has 0 fully saturated rings. The highest BCUT2D eigenvalue weighted by molar-refractivity contribution is 6.30. The maximum absolute atomic E-state index is 10.9. The second kappa shape index (κ2) is 3.40. The van der Waals surface area contributed by atoms with Crippen molar-refractivity contribution in [3.8, 4) is 0 Å². The van der Waals surface area contributed by atoms with E-state index in [0.29, 0.717) is 0 Å². The molecule has 0 aliphatic carbocycles. The molecule has 0 atom stereocenters. The van der Waals surface area contributed by atoms with E-state index in [9.17, 15) is 9.59 Å². The lowest BCUT2D eigenvalue weighted by atomic mass is 10.3. The highest BCUT2D eigenvalue weighted by atomic mass is 35.5. The van der Waals surface area contributed by atoms with Crippen LogP contribution in [0.3, 0.4) is 0 Å². The fourth-order valence-corrected chi connectivity index (χ4v) is 0.791. The normalized spacial score (nSPS) is 9.50. The van der Waals surface area contributed by atoms with E-state index in [1.54, 1.807) is 0 Å². The number of nitrogens with one attached hydrogen (secondary N) is 1. The van der Waals surface area contributed by atoms with E-state index in [2.05, 4.69) is 9.72 Å². The predicted octanol–water partition coefficient (Wildman–Crippen LogP) is 0.815. The maximum atomic E-state index is 10.9. The molecule has 1 aromatic rings. The highest BCUT2D eigenvalue weighted by Gasteiger charge is 2.06. The van der Waals surface area contributed by atoms with E-state index in [1.165, 1.54) is 13.3 Å². The summed E-state index contributed by atoms with van der Waals surface area (Å²) in [6.45, 7) is 0. The fraction of sp³-hybridized carbons (Fsp3) is 0.143. The monoisotopic (exact) mass is 187 g/mol. The lowest BCUT2D eigenvalue weighted by molar-refractivity contribution is 0.0594. The summed E-state index contributed by atoms with van der Waals surface area (Å²) in [7, 11) is 1.23. The van der Waals surface area contributed by atoms with Crippen LogP contribution in [-0.4, -0.2) is 18.1 Å². The summed E-state index contributed by atoms with van der Waals surface area (Å²) in [5, 5.41) is 0.0441. The summed E-state index contributed by atoms with van der Waals surface area (Å²) < 4.78 is 4.38. The molecular formula is C7H6ClNO3. The quantitative estimate of drug-likeness (QED) is 0.662. The maximum Gasteiger partial charge on any atom is 0.354 e. The molecule has 1 N–H and O–H groups in total. The van der Waals surface area contributed by atoms with Gasteiger partial charge in [-0.15, -0.1) is 0 Å². The molecule has 0 radical (unpaired) electrons. The number of pyridine rings is 1. The standard InChI is InChI=1S/C7H6ClNO3/c1-12-7(11)5-2-6(10)4(8)3-9-5/h2-3H,1H3,(H,9,10). The third kappa shape index (κ3) is 1.65. The van der Waals surface area contributed by atoms with Gasteiger partial charge in [0.05, 0.1) is 7.11 Å². The third-order valence-electron chi connectivity index (χ3n) is 1.27. The van der Waals surface area contributed by atoms with Crippen molar-refractivity contribution >= 4 is 17.6 Å². The number of halogens is 1.